The maximum absolute atomic E-state index is 10.3. The van der Waals surface area contributed by atoms with Crippen molar-refractivity contribution in [3.8, 4) is 0 Å². The number of fused-ring (bicyclic) bond motifs is 1. The lowest BCUT2D eigenvalue weighted by Gasteiger charge is -2.45. The topological polar surface area (TPSA) is 49.7 Å². The zero-order valence-electron chi connectivity index (χ0n) is 26.1. The number of allylic oxidation sites excluding steroid dienone is 3. The summed E-state index contributed by atoms with van der Waals surface area (Å²) in [5.41, 5.74) is 3.97. The van der Waals surface area contributed by atoms with Crippen molar-refractivity contribution in [2.45, 2.75) is 160 Å². The summed E-state index contributed by atoms with van der Waals surface area (Å²) in [6, 6.07) is 3.80. The molecule has 39 heavy (non-hydrogen) atoms. The Morgan fingerprint density at radius 2 is 1.62 bits per heavy atom. The fourth-order valence-electron chi connectivity index (χ4n) is 9.44. The van der Waals surface area contributed by atoms with E-state index in [2.05, 4.69) is 53.3 Å². The number of hydrogen-bond acceptors (Lipinski definition) is 3. The van der Waals surface area contributed by atoms with Gasteiger partial charge >= 0.3 is 0 Å². The summed E-state index contributed by atoms with van der Waals surface area (Å²) >= 11 is 0. The van der Waals surface area contributed by atoms with Crippen molar-refractivity contribution in [1.82, 2.24) is 0 Å². The van der Waals surface area contributed by atoms with Gasteiger partial charge in [-0.1, -0.05) is 90.2 Å². The minimum absolute atomic E-state index is 0.191. The molecule has 4 saturated carbocycles. The molecule has 3 nitrogen and oxygen atoms in total. The molecule has 0 aliphatic heterocycles. The van der Waals surface area contributed by atoms with E-state index in [1.807, 2.05) is 0 Å². The highest BCUT2D eigenvalue weighted by Crippen LogP contribution is 2.60. The van der Waals surface area contributed by atoms with Gasteiger partial charge in [-0.05, 0) is 111 Å². The monoisotopic (exact) mass is 556 g/mol. The van der Waals surface area contributed by atoms with E-state index in [9.17, 15) is 10.2 Å². The molecule has 0 amide bonds. The fraction of sp³-hybridized carbons (Fsp3) is 0.829. The first kappa shape index (κ1) is 31.3. The molecule has 2 unspecified atom stereocenters. The molecule has 0 saturated heterocycles. The van der Waals surface area contributed by atoms with Crippen LogP contribution in [0.3, 0.4) is 0 Å². The Bertz CT molecular complexity index is 871. The molecule has 6 atom stereocenters. The van der Waals surface area contributed by atoms with Gasteiger partial charge in [0.25, 0.3) is 0 Å². The lowest BCUT2D eigenvalue weighted by molar-refractivity contribution is 0.0455. The van der Waals surface area contributed by atoms with Gasteiger partial charge in [0.05, 0.1) is 17.8 Å². The largest absolute Gasteiger partial charge is 0.411 e. The molecule has 0 aromatic carbocycles. The van der Waals surface area contributed by atoms with Crippen LogP contribution in [0.15, 0.2) is 35.5 Å². The maximum Gasteiger partial charge on any atom is 0.192 e. The van der Waals surface area contributed by atoms with E-state index in [1.54, 1.807) is 5.57 Å². The molecule has 0 aromatic heterocycles. The van der Waals surface area contributed by atoms with Crippen molar-refractivity contribution in [2.24, 2.45) is 23.2 Å². The number of aliphatic hydroxyl groups is 2. The SMILES string of the molecule is C=C1[C@H](O)CC(=CC=C2CCC[C@@]3(C)C2CCC3[C@@H](C)CCCC2(O[Si](CC)(CC)CC)CCCC2)C[C@H]1O. The van der Waals surface area contributed by atoms with E-state index in [1.165, 1.54) is 95.2 Å². The van der Waals surface area contributed by atoms with E-state index in [0.717, 1.165) is 17.4 Å². The highest BCUT2D eigenvalue weighted by molar-refractivity contribution is 6.73. The molecule has 0 aromatic rings. The zero-order valence-corrected chi connectivity index (χ0v) is 27.1. The second-order valence-electron chi connectivity index (χ2n) is 14.3. The van der Waals surface area contributed by atoms with Crippen LogP contribution in [0.1, 0.15) is 125 Å². The van der Waals surface area contributed by atoms with Crippen molar-refractivity contribution < 1.29 is 14.6 Å². The molecular formula is C35H60O3Si. The standard InChI is InChI=1S/C35H60O3Si/c1-7-39(8-2,9-3)38-35(21-10-11-22-35)23-12-14-26(4)30-18-19-31-29(15-13-20-34(30,31)6)17-16-28-24-32(36)27(5)33(37)25-28/h16-17,26,30-33,36-37H,5,7-15,18-25H2,1-4,6H3/t26-,30?,31?,32+,33+,34+/m0/s1. The first-order valence-corrected chi connectivity index (χ1v) is 19.3. The summed E-state index contributed by atoms with van der Waals surface area (Å²) in [7, 11) is -1.58. The van der Waals surface area contributed by atoms with Gasteiger partial charge in [-0.15, -0.1) is 0 Å². The Kier molecular flexibility index (Phi) is 10.5. The zero-order chi connectivity index (χ0) is 28.3. The number of rotatable bonds is 11. The molecule has 4 fully saturated rings. The predicted molar refractivity (Wildman–Crippen MR) is 167 cm³/mol. The lowest BCUT2D eigenvalue weighted by atomic mass is 9.60. The smallest absolute Gasteiger partial charge is 0.192 e. The third-order valence-electron chi connectivity index (χ3n) is 12.2. The van der Waals surface area contributed by atoms with E-state index in [0.29, 0.717) is 29.7 Å². The summed E-state index contributed by atoms with van der Waals surface area (Å²) in [6.07, 6.45) is 20.4. The third kappa shape index (κ3) is 6.71. The normalized spacial score (nSPS) is 34.9. The van der Waals surface area contributed by atoms with Gasteiger partial charge in [0.1, 0.15) is 0 Å². The molecule has 0 heterocycles. The van der Waals surface area contributed by atoms with Gasteiger partial charge in [-0.3, -0.25) is 0 Å². The van der Waals surface area contributed by atoms with Crippen molar-refractivity contribution in [3.63, 3.8) is 0 Å². The average Bonchev–Trinajstić information content (AvgIpc) is 3.53. The average molecular weight is 557 g/mol. The minimum atomic E-state index is -1.58. The van der Waals surface area contributed by atoms with Crippen molar-refractivity contribution in [1.29, 1.82) is 0 Å². The summed E-state index contributed by atoms with van der Waals surface area (Å²) in [6.45, 7) is 16.2. The van der Waals surface area contributed by atoms with Crippen molar-refractivity contribution in [2.75, 3.05) is 0 Å². The molecule has 4 aliphatic rings. The van der Waals surface area contributed by atoms with Crippen LogP contribution in [0.2, 0.25) is 18.1 Å². The van der Waals surface area contributed by atoms with Crippen LogP contribution in [0.25, 0.3) is 0 Å². The molecular weight excluding hydrogens is 496 g/mol. The van der Waals surface area contributed by atoms with Crippen molar-refractivity contribution >= 4 is 8.32 Å². The van der Waals surface area contributed by atoms with Crippen molar-refractivity contribution in [3.05, 3.63) is 35.5 Å². The van der Waals surface area contributed by atoms with Crippen LogP contribution in [0.5, 0.6) is 0 Å². The minimum Gasteiger partial charge on any atom is -0.411 e. The van der Waals surface area contributed by atoms with Gasteiger partial charge in [-0.25, -0.2) is 0 Å². The number of hydrogen-bond donors (Lipinski definition) is 2. The Labute approximate surface area is 241 Å². The van der Waals surface area contributed by atoms with Crippen LogP contribution in [-0.2, 0) is 4.43 Å². The highest BCUT2D eigenvalue weighted by Gasteiger charge is 2.50. The quantitative estimate of drug-likeness (QED) is 0.197. The summed E-state index contributed by atoms with van der Waals surface area (Å²) in [4.78, 5) is 0. The second-order valence-corrected chi connectivity index (χ2v) is 19.0. The van der Waals surface area contributed by atoms with E-state index in [4.69, 9.17) is 4.43 Å². The van der Waals surface area contributed by atoms with Gasteiger partial charge < -0.3 is 14.6 Å². The molecule has 0 radical (unpaired) electrons. The van der Waals surface area contributed by atoms with E-state index >= 15 is 0 Å². The van der Waals surface area contributed by atoms with Gasteiger partial charge in [0.15, 0.2) is 8.32 Å². The summed E-state index contributed by atoms with van der Waals surface area (Å²) < 4.78 is 7.25. The molecule has 0 bridgehead atoms. The molecule has 4 aliphatic carbocycles. The van der Waals surface area contributed by atoms with Crippen LogP contribution in [0.4, 0.5) is 0 Å². The Hall–Kier alpha value is -0.683. The van der Waals surface area contributed by atoms with Crippen LogP contribution in [-0.4, -0.2) is 36.3 Å². The van der Waals surface area contributed by atoms with Gasteiger partial charge in [0.2, 0.25) is 0 Å². The third-order valence-corrected chi connectivity index (χ3v) is 16.9. The summed E-state index contributed by atoms with van der Waals surface area (Å²) in [5.74, 6) is 2.28. The Balaban J connectivity index is 1.37. The Morgan fingerprint density at radius 1 is 0.974 bits per heavy atom. The first-order chi connectivity index (χ1) is 18.6. The van der Waals surface area contributed by atoms with Gasteiger partial charge in [0, 0.05) is 0 Å². The summed E-state index contributed by atoms with van der Waals surface area (Å²) in [5, 5.41) is 20.5. The molecule has 222 valence electrons. The number of aliphatic hydroxyl groups excluding tert-OH is 2. The first-order valence-electron chi connectivity index (χ1n) is 16.7. The highest BCUT2D eigenvalue weighted by atomic mass is 28.4. The van der Waals surface area contributed by atoms with Crippen LogP contribution >= 0.6 is 0 Å². The fourth-order valence-corrected chi connectivity index (χ4v) is 12.6. The second kappa shape index (κ2) is 13.1. The molecule has 4 rings (SSSR count). The van der Waals surface area contributed by atoms with E-state index < -0.39 is 20.5 Å². The van der Waals surface area contributed by atoms with Gasteiger partial charge in [-0.2, -0.15) is 0 Å². The van der Waals surface area contributed by atoms with Crippen LogP contribution in [0, 0.1) is 23.2 Å². The molecule has 0 spiro atoms. The van der Waals surface area contributed by atoms with Crippen LogP contribution < -0.4 is 0 Å². The molecule has 4 heteroatoms. The predicted octanol–water partition coefficient (Wildman–Crippen LogP) is 9.27. The lowest BCUT2D eigenvalue weighted by Crippen LogP contribution is -2.46. The maximum atomic E-state index is 10.3. The molecule has 2 N–H and O–H groups in total. The Morgan fingerprint density at radius 3 is 2.23 bits per heavy atom. The van der Waals surface area contributed by atoms with E-state index in [-0.39, 0.29) is 5.60 Å².